The van der Waals surface area contributed by atoms with E-state index in [1.54, 1.807) is 6.20 Å². The number of carbonyl (C=O) groups is 1. The molecule has 0 spiro atoms. The van der Waals surface area contributed by atoms with Gasteiger partial charge in [-0.25, -0.2) is 4.98 Å². The number of hydrogen-bond donors (Lipinski definition) is 1. The van der Waals surface area contributed by atoms with E-state index in [1.165, 1.54) is 11.1 Å². The average Bonchev–Trinajstić information content (AvgIpc) is 2.76. The fourth-order valence-corrected chi connectivity index (χ4v) is 3.08. The van der Waals surface area contributed by atoms with Gasteiger partial charge in [-0.05, 0) is 48.9 Å². The number of hydrogen-bond acceptors (Lipinski definition) is 3. The highest BCUT2D eigenvalue weighted by molar-refractivity contribution is 5.94. The number of aromatic nitrogens is 1. The van der Waals surface area contributed by atoms with Gasteiger partial charge in [0.2, 0.25) is 0 Å². The van der Waals surface area contributed by atoms with Crippen molar-refractivity contribution in [3.8, 4) is 0 Å². The highest BCUT2D eigenvalue weighted by atomic mass is 16.1. The Morgan fingerprint density at radius 3 is 2.65 bits per heavy atom. The van der Waals surface area contributed by atoms with Gasteiger partial charge in [-0.3, -0.25) is 4.79 Å². The maximum Gasteiger partial charge on any atom is 0.253 e. The fourth-order valence-electron chi connectivity index (χ4n) is 3.08. The van der Waals surface area contributed by atoms with Crippen LogP contribution >= 0.6 is 0 Å². The summed E-state index contributed by atoms with van der Waals surface area (Å²) in [6.07, 6.45) is 5.78. The minimum atomic E-state index is -0.0350. The van der Waals surface area contributed by atoms with E-state index in [0.717, 1.165) is 31.5 Å². The SMILES string of the molecule is CN(C)c1ccc(C(=O)NC2CCCc3ccccc3C2)cn1. The monoisotopic (exact) mass is 309 g/mol. The molecule has 23 heavy (non-hydrogen) atoms. The highest BCUT2D eigenvalue weighted by Gasteiger charge is 2.19. The van der Waals surface area contributed by atoms with Crippen LogP contribution in [0.1, 0.15) is 34.3 Å². The van der Waals surface area contributed by atoms with Gasteiger partial charge in [0.25, 0.3) is 5.91 Å². The molecule has 1 aromatic heterocycles. The molecule has 0 saturated heterocycles. The Kier molecular flexibility index (Phi) is 4.60. The number of fused-ring (bicyclic) bond motifs is 1. The standard InChI is InChI=1S/C19H23N3O/c1-22(2)18-11-10-16(13-20-18)19(23)21-17-9-5-8-14-6-3-4-7-15(14)12-17/h3-4,6-7,10-11,13,17H,5,8-9,12H2,1-2H3,(H,21,23). The van der Waals surface area contributed by atoms with Gasteiger partial charge in [0.1, 0.15) is 5.82 Å². The van der Waals surface area contributed by atoms with Crippen molar-refractivity contribution < 1.29 is 4.79 Å². The van der Waals surface area contributed by atoms with Crippen molar-refractivity contribution in [1.82, 2.24) is 10.3 Å². The first-order valence-corrected chi connectivity index (χ1v) is 8.14. The molecule has 4 heteroatoms. The van der Waals surface area contributed by atoms with Crippen LogP contribution in [0.2, 0.25) is 0 Å². The molecule has 1 unspecified atom stereocenters. The van der Waals surface area contributed by atoms with E-state index in [9.17, 15) is 4.79 Å². The van der Waals surface area contributed by atoms with Gasteiger partial charge in [0, 0.05) is 26.3 Å². The Balaban J connectivity index is 1.68. The molecular weight excluding hydrogens is 286 g/mol. The lowest BCUT2D eigenvalue weighted by molar-refractivity contribution is 0.0934. The van der Waals surface area contributed by atoms with E-state index in [1.807, 2.05) is 31.1 Å². The lowest BCUT2D eigenvalue weighted by Gasteiger charge is -2.17. The number of nitrogens with zero attached hydrogens (tertiary/aromatic N) is 2. The molecule has 1 heterocycles. The third-order valence-corrected chi connectivity index (χ3v) is 4.39. The first-order chi connectivity index (χ1) is 11.1. The summed E-state index contributed by atoms with van der Waals surface area (Å²) in [7, 11) is 3.87. The molecule has 4 nitrogen and oxygen atoms in total. The Morgan fingerprint density at radius 1 is 1.17 bits per heavy atom. The van der Waals surface area contributed by atoms with Gasteiger partial charge >= 0.3 is 0 Å². The van der Waals surface area contributed by atoms with Gasteiger partial charge in [-0.2, -0.15) is 0 Å². The molecule has 1 aromatic carbocycles. The van der Waals surface area contributed by atoms with Crippen LogP contribution < -0.4 is 10.2 Å². The topological polar surface area (TPSA) is 45.2 Å². The molecule has 2 aromatic rings. The van der Waals surface area contributed by atoms with Crippen LogP contribution in [0.3, 0.4) is 0 Å². The molecule has 0 bridgehead atoms. The molecule has 1 aliphatic rings. The van der Waals surface area contributed by atoms with Crippen molar-refractivity contribution in [3.05, 3.63) is 59.3 Å². The van der Waals surface area contributed by atoms with Gasteiger partial charge < -0.3 is 10.2 Å². The van der Waals surface area contributed by atoms with Gasteiger partial charge in [0.15, 0.2) is 0 Å². The van der Waals surface area contributed by atoms with Gasteiger partial charge in [-0.1, -0.05) is 24.3 Å². The molecule has 120 valence electrons. The third kappa shape index (κ3) is 3.70. The van der Waals surface area contributed by atoms with E-state index >= 15 is 0 Å². The summed E-state index contributed by atoms with van der Waals surface area (Å²) in [5, 5.41) is 3.17. The Labute approximate surface area is 137 Å². The molecule has 0 saturated carbocycles. The summed E-state index contributed by atoms with van der Waals surface area (Å²) < 4.78 is 0. The first-order valence-electron chi connectivity index (χ1n) is 8.14. The number of amides is 1. The Bertz CT molecular complexity index is 679. The molecule has 1 atom stereocenters. The van der Waals surface area contributed by atoms with Crippen LogP contribution in [0.15, 0.2) is 42.6 Å². The smallest absolute Gasteiger partial charge is 0.253 e. The number of rotatable bonds is 3. The van der Waals surface area contributed by atoms with E-state index in [-0.39, 0.29) is 11.9 Å². The second kappa shape index (κ2) is 6.82. The zero-order chi connectivity index (χ0) is 16.2. The maximum atomic E-state index is 12.5. The van der Waals surface area contributed by atoms with E-state index in [0.29, 0.717) is 5.56 Å². The maximum absolute atomic E-state index is 12.5. The average molecular weight is 309 g/mol. The molecule has 1 amide bonds. The number of benzene rings is 1. The van der Waals surface area contributed by atoms with Gasteiger partial charge in [-0.15, -0.1) is 0 Å². The Hall–Kier alpha value is -2.36. The van der Waals surface area contributed by atoms with E-state index in [4.69, 9.17) is 0 Å². The quantitative estimate of drug-likeness (QED) is 0.887. The normalized spacial score (nSPS) is 17.0. The molecule has 0 fully saturated rings. The lowest BCUT2D eigenvalue weighted by atomic mass is 10.0. The molecule has 0 radical (unpaired) electrons. The van der Waals surface area contributed by atoms with Crippen LogP contribution in [-0.4, -0.2) is 31.0 Å². The largest absolute Gasteiger partial charge is 0.363 e. The first kappa shape index (κ1) is 15.5. The van der Waals surface area contributed by atoms with Crippen LogP contribution in [0.4, 0.5) is 5.82 Å². The van der Waals surface area contributed by atoms with Crippen molar-refractivity contribution in [2.45, 2.75) is 31.7 Å². The molecule has 1 N–H and O–H groups in total. The number of carbonyl (C=O) groups excluding carboxylic acids is 1. The van der Waals surface area contributed by atoms with Crippen LogP contribution in [0, 0.1) is 0 Å². The molecule has 0 aliphatic heterocycles. The van der Waals surface area contributed by atoms with E-state index in [2.05, 4.69) is 34.6 Å². The van der Waals surface area contributed by atoms with E-state index < -0.39 is 0 Å². The zero-order valence-corrected chi connectivity index (χ0v) is 13.7. The molecule has 3 rings (SSSR count). The van der Waals surface area contributed by atoms with Crippen LogP contribution in [0.25, 0.3) is 0 Å². The highest BCUT2D eigenvalue weighted by Crippen LogP contribution is 2.21. The predicted octanol–water partition coefficient (Wildman–Crippen LogP) is 2.83. The minimum absolute atomic E-state index is 0.0350. The van der Waals surface area contributed by atoms with Gasteiger partial charge in [0.05, 0.1) is 5.56 Å². The lowest BCUT2D eigenvalue weighted by Crippen LogP contribution is -2.36. The van der Waals surface area contributed by atoms with Crippen molar-refractivity contribution in [1.29, 1.82) is 0 Å². The second-order valence-corrected chi connectivity index (χ2v) is 6.33. The number of aryl methyl sites for hydroxylation is 1. The summed E-state index contributed by atoms with van der Waals surface area (Å²) >= 11 is 0. The number of anilines is 1. The van der Waals surface area contributed by atoms with Crippen LogP contribution in [0.5, 0.6) is 0 Å². The summed E-state index contributed by atoms with van der Waals surface area (Å²) in [5.41, 5.74) is 3.39. The van der Waals surface area contributed by atoms with Crippen molar-refractivity contribution in [2.75, 3.05) is 19.0 Å². The van der Waals surface area contributed by atoms with Crippen molar-refractivity contribution in [3.63, 3.8) is 0 Å². The van der Waals surface area contributed by atoms with Crippen molar-refractivity contribution >= 4 is 11.7 Å². The summed E-state index contributed by atoms with van der Waals surface area (Å²) in [4.78, 5) is 18.7. The van der Waals surface area contributed by atoms with Crippen molar-refractivity contribution in [2.24, 2.45) is 0 Å². The Morgan fingerprint density at radius 2 is 1.96 bits per heavy atom. The summed E-state index contributed by atoms with van der Waals surface area (Å²) in [6.45, 7) is 0. The molecular formula is C19H23N3O. The minimum Gasteiger partial charge on any atom is -0.363 e. The summed E-state index contributed by atoms with van der Waals surface area (Å²) in [5.74, 6) is 0.817. The van der Waals surface area contributed by atoms with Crippen LogP contribution in [-0.2, 0) is 12.8 Å². The second-order valence-electron chi connectivity index (χ2n) is 6.33. The molecule has 1 aliphatic carbocycles. The number of nitrogens with one attached hydrogen (secondary N) is 1. The third-order valence-electron chi connectivity index (χ3n) is 4.39. The summed E-state index contributed by atoms with van der Waals surface area (Å²) in [6, 6.07) is 12.4. The predicted molar refractivity (Wildman–Crippen MR) is 92.9 cm³/mol. The zero-order valence-electron chi connectivity index (χ0n) is 13.7. The fraction of sp³-hybridized carbons (Fsp3) is 0.368. The number of pyridine rings is 1.